The van der Waals surface area contributed by atoms with Gasteiger partial charge in [0, 0.05) is 14.1 Å². The average molecular weight is 242 g/mol. The van der Waals surface area contributed by atoms with Crippen LogP contribution in [0.1, 0.15) is 0 Å². The van der Waals surface area contributed by atoms with Crippen molar-refractivity contribution in [1.82, 2.24) is 19.9 Å². The van der Waals surface area contributed by atoms with Gasteiger partial charge in [0.1, 0.15) is 5.52 Å². The molecule has 92 valence electrons. The molecule has 0 aliphatic carbocycles. The molecule has 0 atom stereocenters. The Kier molecular flexibility index (Phi) is 3.03. The van der Waals surface area contributed by atoms with Crippen LogP contribution in [0.15, 0.2) is 6.33 Å². The maximum atomic E-state index is 12.4. The Bertz CT molecular complexity index is 511. The van der Waals surface area contributed by atoms with Gasteiger partial charge in [-0.25, -0.2) is 13.8 Å². The highest BCUT2D eigenvalue weighted by molar-refractivity contribution is 5.84. The topological polar surface area (TPSA) is 69.7 Å². The van der Waals surface area contributed by atoms with Crippen LogP contribution in [0, 0.1) is 0 Å². The largest absolute Gasteiger partial charge is 0.357 e. The standard InChI is InChI=1S/C9H12F2N6/c1-12-9-15-7-6(13-4-14-7)8(16-9)17(2)3-5(10)11/h4-5H,3H2,1-2H3,(H2,12,13,14,15,16). The van der Waals surface area contributed by atoms with Gasteiger partial charge < -0.3 is 15.2 Å². The second kappa shape index (κ2) is 4.48. The molecule has 0 spiro atoms. The number of aromatic nitrogens is 4. The molecule has 0 saturated carbocycles. The number of anilines is 2. The molecule has 0 unspecified atom stereocenters. The molecule has 0 saturated heterocycles. The molecular weight excluding hydrogens is 230 g/mol. The highest BCUT2D eigenvalue weighted by Gasteiger charge is 2.16. The second-order valence-corrected chi connectivity index (χ2v) is 3.49. The van der Waals surface area contributed by atoms with Crippen LogP contribution in [0.3, 0.4) is 0 Å². The number of fused-ring (bicyclic) bond motifs is 1. The van der Waals surface area contributed by atoms with Crippen LogP contribution in [-0.2, 0) is 0 Å². The highest BCUT2D eigenvalue weighted by Crippen LogP contribution is 2.21. The number of hydrogen-bond donors (Lipinski definition) is 2. The summed E-state index contributed by atoms with van der Waals surface area (Å²) in [5, 5.41) is 2.77. The first-order chi connectivity index (χ1) is 8.11. The van der Waals surface area contributed by atoms with E-state index in [-0.39, 0.29) is 0 Å². The third kappa shape index (κ3) is 2.24. The Hall–Kier alpha value is -1.99. The lowest BCUT2D eigenvalue weighted by Crippen LogP contribution is -2.25. The molecule has 0 aromatic carbocycles. The molecule has 0 fully saturated rings. The van der Waals surface area contributed by atoms with Gasteiger partial charge in [0.05, 0.1) is 12.9 Å². The van der Waals surface area contributed by atoms with Crippen molar-refractivity contribution in [3.05, 3.63) is 6.33 Å². The summed E-state index contributed by atoms with van der Waals surface area (Å²) >= 11 is 0. The molecule has 2 heterocycles. The number of nitrogens with zero attached hydrogens (tertiary/aromatic N) is 4. The van der Waals surface area contributed by atoms with Crippen molar-refractivity contribution in [1.29, 1.82) is 0 Å². The van der Waals surface area contributed by atoms with E-state index >= 15 is 0 Å². The summed E-state index contributed by atoms with van der Waals surface area (Å²) < 4.78 is 24.7. The first kappa shape index (κ1) is 11.5. The summed E-state index contributed by atoms with van der Waals surface area (Å²) in [5.41, 5.74) is 0.993. The third-order valence-electron chi connectivity index (χ3n) is 2.26. The normalized spacial score (nSPS) is 11.1. The molecule has 2 aromatic rings. The molecule has 17 heavy (non-hydrogen) atoms. The number of rotatable bonds is 4. The van der Waals surface area contributed by atoms with E-state index in [0.29, 0.717) is 22.9 Å². The zero-order chi connectivity index (χ0) is 12.4. The Labute approximate surface area is 96.1 Å². The molecule has 0 aliphatic rings. The Morgan fingerprint density at radius 1 is 1.47 bits per heavy atom. The Morgan fingerprint density at radius 2 is 2.24 bits per heavy atom. The Balaban J connectivity index is 2.46. The van der Waals surface area contributed by atoms with Crippen molar-refractivity contribution in [2.24, 2.45) is 0 Å². The van der Waals surface area contributed by atoms with Crippen LogP contribution in [0.4, 0.5) is 20.5 Å². The summed E-state index contributed by atoms with van der Waals surface area (Å²) in [6.45, 7) is -0.395. The molecule has 2 N–H and O–H groups in total. The second-order valence-electron chi connectivity index (χ2n) is 3.49. The summed E-state index contributed by atoms with van der Waals surface area (Å²) in [6, 6.07) is 0. The van der Waals surface area contributed by atoms with Gasteiger partial charge in [-0.05, 0) is 0 Å². The minimum Gasteiger partial charge on any atom is -0.357 e. The van der Waals surface area contributed by atoms with Gasteiger partial charge in [-0.2, -0.15) is 9.97 Å². The first-order valence-electron chi connectivity index (χ1n) is 5.00. The SMILES string of the molecule is CNc1nc(N(C)CC(F)F)c2[nH]cnc2n1. The number of hydrogen-bond acceptors (Lipinski definition) is 5. The molecular formula is C9H12F2N6. The summed E-state index contributed by atoms with van der Waals surface area (Å²) in [4.78, 5) is 16.4. The predicted octanol–water partition coefficient (Wildman–Crippen LogP) is 1.10. The summed E-state index contributed by atoms with van der Waals surface area (Å²) in [6.07, 6.45) is -0.968. The average Bonchev–Trinajstić information content (AvgIpc) is 2.74. The molecule has 0 aliphatic heterocycles. The molecule has 0 radical (unpaired) electrons. The monoisotopic (exact) mass is 242 g/mol. The van der Waals surface area contributed by atoms with Crippen LogP contribution in [0.25, 0.3) is 11.2 Å². The van der Waals surface area contributed by atoms with E-state index < -0.39 is 13.0 Å². The number of halogens is 2. The van der Waals surface area contributed by atoms with E-state index in [2.05, 4.69) is 25.3 Å². The maximum absolute atomic E-state index is 12.4. The molecule has 8 heteroatoms. The predicted molar refractivity (Wildman–Crippen MR) is 60.5 cm³/mol. The minimum absolute atomic E-state index is 0.348. The van der Waals surface area contributed by atoms with Gasteiger partial charge in [-0.15, -0.1) is 0 Å². The zero-order valence-corrected chi connectivity index (χ0v) is 9.41. The van der Waals surface area contributed by atoms with Crippen molar-refractivity contribution >= 4 is 22.9 Å². The smallest absolute Gasteiger partial charge is 0.255 e. The quantitative estimate of drug-likeness (QED) is 0.840. The minimum atomic E-state index is -2.43. The summed E-state index contributed by atoms with van der Waals surface area (Å²) in [5.74, 6) is 0.748. The number of H-pyrrole nitrogens is 1. The molecule has 2 aromatic heterocycles. The first-order valence-corrected chi connectivity index (χ1v) is 5.00. The number of imidazole rings is 1. The van der Waals surface area contributed by atoms with Gasteiger partial charge >= 0.3 is 0 Å². The van der Waals surface area contributed by atoms with E-state index in [4.69, 9.17) is 0 Å². The third-order valence-corrected chi connectivity index (χ3v) is 2.26. The van der Waals surface area contributed by atoms with Crippen molar-refractivity contribution < 1.29 is 8.78 Å². The van der Waals surface area contributed by atoms with Crippen molar-refractivity contribution in [3.63, 3.8) is 0 Å². The van der Waals surface area contributed by atoms with Crippen LogP contribution in [-0.4, -0.2) is 47.0 Å². The van der Waals surface area contributed by atoms with E-state index in [9.17, 15) is 8.78 Å². The fourth-order valence-electron chi connectivity index (χ4n) is 1.50. The molecule has 2 rings (SSSR count). The van der Waals surface area contributed by atoms with E-state index in [1.165, 1.54) is 11.2 Å². The molecule has 6 nitrogen and oxygen atoms in total. The number of aromatic amines is 1. The van der Waals surface area contributed by atoms with Gasteiger partial charge in [0.2, 0.25) is 5.95 Å². The fraction of sp³-hybridized carbons (Fsp3) is 0.444. The van der Waals surface area contributed by atoms with Crippen LogP contribution in [0.5, 0.6) is 0 Å². The van der Waals surface area contributed by atoms with E-state index in [0.717, 1.165) is 0 Å². The lowest BCUT2D eigenvalue weighted by atomic mass is 10.4. The van der Waals surface area contributed by atoms with Crippen molar-refractivity contribution in [3.8, 4) is 0 Å². The molecule has 0 bridgehead atoms. The number of alkyl halides is 2. The van der Waals surface area contributed by atoms with Gasteiger partial charge in [0.15, 0.2) is 11.5 Å². The lowest BCUT2D eigenvalue weighted by molar-refractivity contribution is 0.156. The van der Waals surface area contributed by atoms with Gasteiger partial charge in [0.25, 0.3) is 6.43 Å². The van der Waals surface area contributed by atoms with Crippen molar-refractivity contribution in [2.45, 2.75) is 6.43 Å². The highest BCUT2D eigenvalue weighted by atomic mass is 19.3. The Morgan fingerprint density at radius 3 is 2.88 bits per heavy atom. The molecule has 0 amide bonds. The zero-order valence-electron chi connectivity index (χ0n) is 9.41. The van der Waals surface area contributed by atoms with E-state index in [1.807, 2.05) is 0 Å². The summed E-state index contributed by atoms with van der Waals surface area (Å²) in [7, 11) is 3.21. The fourth-order valence-corrected chi connectivity index (χ4v) is 1.50. The van der Waals surface area contributed by atoms with Crippen LogP contribution < -0.4 is 10.2 Å². The maximum Gasteiger partial charge on any atom is 0.255 e. The van der Waals surface area contributed by atoms with Crippen molar-refractivity contribution in [2.75, 3.05) is 30.9 Å². The lowest BCUT2D eigenvalue weighted by Gasteiger charge is -2.18. The van der Waals surface area contributed by atoms with Crippen LogP contribution in [0.2, 0.25) is 0 Å². The number of nitrogens with one attached hydrogen (secondary N) is 2. The van der Waals surface area contributed by atoms with Gasteiger partial charge in [-0.3, -0.25) is 0 Å². The van der Waals surface area contributed by atoms with Gasteiger partial charge in [-0.1, -0.05) is 0 Å². The van der Waals surface area contributed by atoms with Crippen LogP contribution >= 0.6 is 0 Å². The van der Waals surface area contributed by atoms with E-state index in [1.54, 1.807) is 14.1 Å².